The van der Waals surface area contributed by atoms with Gasteiger partial charge >= 0.3 is 0 Å². The first-order valence-electron chi connectivity index (χ1n) is 5.78. The molecule has 0 radical (unpaired) electrons. The van der Waals surface area contributed by atoms with Gasteiger partial charge < -0.3 is 10.2 Å². The average Bonchev–Trinajstić information content (AvgIpc) is 2.01. The van der Waals surface area contributed by atoms with Crippen LogP contribution in [0.5, 0.6) is 0 Å². The summed E-state index contributed by atoms with van der Waals surface area (Å²) < 4.78 is 0. The molecular weight excluding hydrogens is 188 g/mol. The van der Waals surface area contributed by atoms with E-state index in [1.807, 2.05) is 6.08 Å². The van der Waals surface area contributed by atoms with Crippen molar-refractivity contribution >= 4 is 0 Å². The van der Waals surface area contributed by atoms with E-state index in [1.165, 1.54) is 0 Å². The fourth-order valence-corrected chi connectivity index (χ4v) is 1.48. The monoisotopic (exact) mass is 214 g/mol. The average molecular weight is 214 g/mol. The summed E-state index contributed by atoms with van der Waals surface area (Å²) in [5, 5.41) is 18.2. The number of allylic oxidation sites excluding steroid dienone is 1. The Morgan fingerprint density at radius 3 is 2.13 bits per heavy atom. The molecular formula is C13H26O2. The lowest BCUT2D eigenvalue weighted by Crippen LogP contribution is -2.15. The molecule has 0 aromatic rings. The quantitative estimate of drug-likeness (QED) is 0.505. The van der Waals surface area contributed by atoms with E-state index in [9.17, 15) is 5.11 Å². The van der Waals surface area contributed by atoms with E-state index in [0.717, 1.165) is 25.7 Å². The molecule has 0 saturated heterocycles. The molecule has 0 aromatic carbocycles. The highest BCUT2D eigenvalue weighted by Crippen LogP contribution is 2.28. The summed E-state index contributed by atoms with van der Waals surface area (Å²) in [5.41, 5.74) is -0.446. The smallest absolute Gasteiger partial charge is 0.0771 e. The number of hydrogen-bond donors (Lipinski definition) is 2. The van der Waals surface area contributed by atoms with E-state index in [4.69, 9.17) is 5.11 Å². The maximum absolute atomic E-state index is 9.51. The fraction of sp³-hybridized carbons (Fsp3) is 0.846. The van der Waals surface area contributed by atoms with Crippen LogP contribution in [0.15, 0.2) is 12.2 Å². The molecule has 0 amide bonds. The van der Waals surface area contributed by atoms with Gasteiger partial charge in [0.2, 0.25) is 0 Å². The Balaban J connectivity index is 3.88. The molecule has 15 heavy (non-hydrogen) atoms. The number of aliphatic hydroxyl groups excluding tert-OH is 1. The van der Waals surface area contributed by atoms with Crippen LogP contribution in [-0.4, -0.2) is 22.4 Å². The first-order valence-corrected chi connectivity index (χ1v) is 5.78. The van der Waals surface area contributed by atoms with Gasteiger partial charge in [0.15, 0.2) is 0 Å². The van der Waals surface area contributed by atoms with Crippen LogP contribution in [0, 0.1) is 5.41 Å². The van der Waals surface area contributed by atoms with Crippen LogP contribution < -0.4 is 0 Å². The normalized spacial score (nSPS) is 13.7. The maximum atomic E-state index is 9.51. The van der Waals surface area contributed by atoms with E-state index < -0.39 is 5.60 Å². The highest BCUT2D eigenvalue weighted by Gasteiger charge is 2.16. The lowest BCUT2D eigenvalue weighted by molar-refractivity contribution is 0.132. The zero-order valence-corrected chi connectivity index (χ0v) is 10.6. The van der Waals surface area contributed by atoms with Crippen molar-refractivity contribution in [1.82, 2.24) is 0 Å². The van der Waals surface area contributed by atoms with Gasteiger partial charge in [0.05, 0.1) is 5.60 Å². The van der Waals surface area contributed by atoms with Crippen molar-refractivity contribution in [2.24, 2.45) is 5.41 Å². The summed E-state index contributed by atoms with van der Waals surface area (Å²) >= 11 is 0. The zero-order valence-electron chi connectivity index (χ0n) is 10.6. The van der Waals surface area contributed by atoms with Gasteiger partial charge in [0.1, 0.15) is 0 Å². The lowest BCUT2D eigenvalue weighted by Gasteiger charge is -2.23. The molecule has 2 nitrogen and oxygen atoms in total. The molecule has 0 saturated carbocycles. The van der Waals surface area contributed by atoms with Gasteiger partial charge in [-0.3, -0.25) is 0 Å². The van der Waals surface area contributed by atoms with Gasteiger partial charge in [0.25, 0.3) is 0 Å². The first kappa shape index (κ1) is 14.7. The Labute approximate surface area is 94.0 Å². The Bertz CT molecular complexity index is 187. The minimum atomic E-state index is -0.707. The zero-order chi connectivity index (χ0) is 11.9. The lowest BCUT2D eigenvalue weighted by atomic mass is 9.83. The second kappa shape index (κ2) is 6.29. The third-order valence-corrected chi connectivity index (χ3v) is 2.46. The van der Waals surface area contributed by atoms with Crippen LogP contribution in [0.3, 0.4) is 0 Å². The maximum Gasteiger partial charge on any atom is 0.0771 e. The van der Waals surface area contributed by atoms with Crippen LogP contribution in [-0.2, 0) is 0 Å². The predicted molar refractivity (Wildman–Crippen MR) is 64.8 cm³/mol. The summed E-state index contributed by atoms with van der Waals surface area (Å²) in [7, 11) is 0. The van der Waals surface area contributed by atoms with Crippen molar-refractivity contribution < 1.29 is 10.2 Å². The number of rotatable bonds is 7. The minimum absolute atomic E-state index is 0.261. The molecule has 0 aromatic heterocycles. The van der Waals surface area contributed by atoms with Crippen LogP contribution in [0.1, 0.15) is 53.4 Å². The Kier molecular flexibility index (Phi) is 6.15. The van der Waals surface area contributed by atoms with Crippen molar-refractivity contribution in [2.75, 3.05) is 6.61 Å². The van der Waals surface area contributed by atoms with Crippen LogP contribution in [0.2, 0.25) is 0 Å². The molecule has 2 heteroatoms. The van der Waals surface area contributed by atoms with Gasteiger partial charge in [0, 0.05) is 6.61 Å². The summed E-state index contributed by atoms with van der Waals surface area (Å²) in [6, 6.07) is 0. The molecule has 0 fully saturated rings. The molecule has 0 rings (SSSR count). The SMILES string of the molecule is CC(C)(O)C=CCC(C)(C)CCCCO. The number of unbranched alkanes of at least 4 members (excludes halogenated alkanes) is 1. The van der Waals surface area contributed by atoms with E-state index in [2.05, 4.69) is 19.9 Å². The molecule has 0 unspecified atom stereocenters. The Morgan fingerprint density at radius 1 is 1.07 bits per heavy atom. The highest BCUT2D eigenvalue weighted by atomic mass is 16.3. The van der Waals surface area contributed by atoms with E-state index >= 15 is 0 Å². The molecule has 0 aliphatic rings. The summed E-state index contributed by atoms with van der Waals surface area (Å²) in [5.74, 6) is 0. The minimum Gasteiger partial charge on any atom is -0.396 e. The molecule has 0 bridgehead atoms. The number of hydrogen-bond acceptors (Lipinski definition) is 2. The molecule has 0 atom stereocenters. The third-order valence-electron chi connectivity index (χ3n) is 2.46. The molecule has 0 heterocycles. The van der Waals surface area contributed by atoms with Gasteiger partial charge in [-0.1, -0.05) is 32.4 Å². The van der Waals surface area contributed by atoms with Crippen LogP contribution in [0.25, 0.3) is 0 Å². The highest BCUT2D eigenvalue weighted by molar-refractivity contribution is 4.97. The molecule has 2 N–H and O–H groups in total. The summed E-state index contributed by atoms with van der Waals surface area (Å²) in [6.45, 7) is 8.29. The second-order valence-corrected chi connectivity index (χ2v) is 5.61. The van der Waals surface area contributed by atoms with Gasteiger partial charge in [-0.05, 0) is 38.5 Å². The fourth-order valence-electron chi connectivity index (χ4n) is 1.48. The second-order valence-electron chi connectivity index (χ2n) is 5.61. The molecule has 90 valence electrons. The summed E-state index contributed by atoms with van der Waals surface area (Å²) in [6.07, 6.45) is 7.95. The third kappa shape index (κ3) is 9.95. The number of aliphatic hydroxyl groups is 2. The topological polar surface area (TPSA) is 40.5 Å². The van der Waals surface area contributed by atoms with Crippen molar-refractivity contribution in [1.29, 1.82) is 0 Å². The largest absolute Gasteiger partial charge is 0.396 e. The van der Waals surface area contributed by atoms with Gasteiger partial charge in [-0.25, -0.2) is 0 Å². The van der Waals surface area contributed by atoms with E-state index in [1.54, 1.807) is 13.8 Å². The molecule has 0 spiro atoms. The van der Waals surface area contributed by atoms with Gasteiger partial charge in [-0.2, -0.15) is 0 Å². The van der Waals surface area contributed by atoms with Crippen molar-refractivity contribution in [3.05, 3.63) is 12.2 Å². The standard InChI is InChI=1S/C13H26O2/c1-12(2,8-5-6-11-14)9-7-10-13(3,4)15/h7,10,14-15H,5-6,8-9,11H2,1-4H3. The Hall–Kier alpha value is -0.340. The summed E-state index contributed by atoms with van der Waals surface area (Å²) in [4.78, 5) is 0. The van der Waals surface area contributed by atoms with E-state index in [0.29, 0.717) is 0 Å². The van der Waals surface area contributed by atoms with E-state index in [-0.39, 0.29) is 12.0 Å². The van der Waals surface area contributed by atoms with Crippen molar-refractivity contribution in [3.8, 4) is 0 Å². The van der Waals surface area contributed by atoms with Gasteiger partial charge in [-0.15, -0.1) is 0 Å². The van der Waals surface area contributed by atoms with Crippen molar-refractivity contribution in [3.63, 3.8) is 0 Å². The molecule has 0 aliphatic heterocycles. The predicted octanol–water partition coefficient (Wildman–Crippen LogP) is 2.89. The first-order chi connectivity index (χ1) is 6.77. The Morgan fingerprint density at radius 2 is 1.67 bits per heavy atom. The van der Waals surface area contributed by atoms with Crippen LogP contribution >= 0.6 is 0 Å². The molecule has 0 aliphatic carbocycles. The van der Waals surface area contributed by atoms with Crippen LogP contribution in [0.4, 0.5) is 0 Å². The van der Waals surface area contributed by atoms with Crippen molar-refractivity contribution in [2.45, 2.75) is 59.0 Å².